The van der Waals surface area contributed by atoms with Gasteiger partial charge in [0.1, 0.15) is 0 Å². The summed E-state index contributed by atoms with van der Waals surface area (Å²) >= 11 is 0. The first kappa shape index (κ1) is 40.0. The molecule has 0 aliphatic carbocycles. The second-order valence-corrected chi connectivity index (χ2v) is 12.5. The fourth-order valence-corrected chi connectivity index (χ4v) is 4.19. The Hall–Kier alpha value is -3.96. The van der Waals surface area contributed by atoms with Crippen LogP contribution in [0.5, 0.6) is 0 Å². The topological polar surface area (TPSA) is 281 Å². The van der Waals surface area contributed by atoms with Crippen molar-refractivity contribution < 1.29 is 47.0 Å². The Bertz CT molecular complexity index is 1800. The van der Waals surface area contributed by atoms with Crippen molar-refractivity contribution in [3.8, 4) is 0 Å². The SMILES string of the molecule is CC.CC.CS(=O)(=O)Nc1ccccc1Nc1nc(NCCS(=O)(=O)O)nc(Nc2cccc(S(=O)(=O)O)c2)n1.O=S(=O)=O. The van der Waals surface area contributed by atoms with Gasteiger partial charge in [-0.1, -0.05) is 45.9 Å². The molecule has 0 radical (unpaired) electrons. The molecule has 0 aliphatic heterocycles. The minimum atomic E-state index is -4.47. The van der Waals surface area contributed by atoms with E-state index < -0.39 is 46.6 Å². The summed E-state index contributed by atoms with van der Waals surface area (Å²) in [5.74, 6) is -0.988. The fourth-order valence-electron chi connectivity index (χ4n) is 2.72. The predicted molar refractivity (Wildman–Crippen MR) is 165 cm³/mol. The zero-order valence-electron chi connectivity index (χ0n) is 24.1. The van der Waals surface area contributed by atoms with E-state index in [9.17, 15) is 29.8 Å². The molecule has 0 saturated heterocycles. The number of rotatable bonds is 11. The molecule has 0 spiro atoms. The largest absolute Gasteiger partial charge is 0.425 e. The number of para-hydroxylation sites is 2. The van der Waals surface area contributed by atoms with Crippen LogP contribution in [0.2, 0.25) is 0 Å². The van der Waals surface area contributed by atoms with E-state index >= 15 is 0 Å². The summed E-state index contributed by atoms with van der Waals surface area (Å²) in [5.41, 5.74) is 0.652. The molecule has 22 heteroatoms. The maximum atomic E-state index is 11.7. The molecule has 0 amide bonds. The predicted octanol–water partition coefficient (Wildman–Crippen LogP) is 2.33. The average Bonchev–Trinajstić information content (AvgIpc) is 2.90. The van der Waals surface area contributed by atoms with Gasteiger partial charge >= 0.3 is 10.6 Å². The second-order valence-electron chi connectivity index (χ2n) is 7.40. The average molecular weight is 700 g/mol. The molecule has 1 heterocycles. The number of nitrogens with one attached hydrogen (secondary N) is 4. The molecular formula is C22H33N7O11S4. The summed E-state index contributed by atoms with van der Waals surface area (Å²) < 4.78 is 114. The Morgan fingerprint density at radius 2 is 1.23 bits per heavy atom. The highest BCUT2D eigenvalue weighted by Gasteiger charge is 2.14. The van der Waals surface area contributed by atoms with E-state index in [-0.39, 0.29) is 46.3 Å². The third kappa shape index (κ3) is 17.2. The van der Waals surface area contributed by atoms with Gasteiger partial charge in [-0.25, -0.2) is 8.42 Å². The molecule has 0 saturated carbocycles. The molecular weight excluding hydrogens is 667 g/mol. The normalized spacial score (nSPS) is 10.7. The van der Waals surface area contributed by atoms with Crippen LogP contribution in [0.15, 0.2) is 53.4 Å². The van der Waals surface area contributed by atoms with Crippen molar-refractivity contribution in [3.05, 3.63) is 48.5 Å². The van der Waals surface area contributed by atoms with Gasteiger partial charge in [0.15, 0.2) is 0 Å². The van der Waals surface area contributed by atoms with Gasteiger partial charge in [-0.2, -0.15) is 31.8 Å². The van der Waals surface area contributed by atoms with Gasteiger partial charge in [-0.05, 0) is 30.3 Å². The number of aromatic nitrogens is 3. The first-order valence-electron chi connectivity index (χ1n) is 12.3. The maximum absolute atomic E-state index is 11.7. The number of hydrogen-bond acceptors (Lipinski definition) is 15. The Morgan fingerprint density at radius 1 is 0.727 bits per heavy atom. The number of sulfonamides is 1. The molecule has 3 aromatic rings. The molecule has 3 rings (SSSR count). The van der Waals surface area contributed by atoms with Crippen LogP contribution in [0.4, 0.5) is 34.9 Å². The number of nitrogens with zero attached hydrogens (tertiary/aromatic N) is 3. The smallest absolute Gasteiger partial charge is 0.353 e. The van der Waals surface area contributed by atoms with Crippen molar-refractivity contribution in [1.29, 1.82) is 0 Å². The summed E-state index contributed by atoms with van der Waals surface area (Å²) in [6.45, 7) is 7.74. The van der Waals surface area contributed by atoms with Crippen LogP contribution < -0.4 is 20.7 Å². The van der Waals surface area contributed by atoms with Gasteiger partial charge in [-0.3, -0.25) is 13.8 Å². The van der Waals surface area contributed by atoms with Gasteiger partial charge in [-0.15, -0.1) is 12.6 Å². The summed E-state index contributed by atoms with van der Waals surface area (Å²) in [5, 5.41) is 8.19. The molecule has 1 aromatic heterocycles. The molecule has 0 aliphatic rings. The molecule has 246 valence electrons. The summed E-state index contributed by atoms with van der Waals surface area (Å²) in [6.07, 6.45) is 0.979. The zero-order valence-corrected chi connectivity index (χ0v) is 27.3. The molecule has 2 aromatic carbocycles. The van der Waals surface area contributed by atoms with E-state index in [0.29, 0.717) is 0 Å². The Balaban J connectivity index is 0.00000210. The Labute approximate surface area is 257 Å². The lowest BCUT2D eigenvalue weighted by Crippen LogP contribution is -2.17. The minimum absolute atomic E-state index is 0.101. The van der Waals surface area contributed by atoms with Gasteiger partial charge in [0.25, 0.3) is 20.2 Å². The quantitative estimate of drug-likeness (QED) is 0.157. The van der Waals surface area contributed by atoms with Gasteiger partial charge in [0.05, 0.1) is 28.3 Å². The van der Waals surface area contributed by atoms with Crippen molar-refractivity contribution in [2.24, 2.45) is 0 Å². The minimum Gasteiger partial charge on any atom is -0.353 e. The lowest BCUT2D eigenvalue weighted by Gasteiger charge is -2.14. The van der Waals surface area contributed by atoms with Gasteiger partial charge in [0, 0.05) is 12.2 Å². The van der Waals surface area contributed by atoms with Gasteiger partial charge in [0.2, 0.25) is 27.9 Å². The lowest BCUT2D eigenvalue weighted by molar-refractivity contribution is 0.481. The molecule has 0 unspecified atom stereocenters. The van der Waals surface area contributed by atoms with Crippen molar-refractivity contribution in [3.63, 3.8) is 0 Å². The summed E-state index contributed by atoms with van der Waals surface area (Å²) in [7, 11) is -15.5. The van der Waals surface area contributed by atoms with E-state index in [1.807, 2.05) is 27.7 Å². The number of anilines is 6. The first-order valence-corrected chi connectivity index (χ1v) is 18.3. The van der Waals surface area contributed by atoms with Crippen molar-refractivity contribution in [1.82, 2.24) is 15.0 Å². The molecule has 6 N–H and O–H groups in total. The Morgan fingerprint density at radius 3 is 1.73 bits per heavy atom. The van der Waals surface area contributed by atoms with E-state index in [4.69, 9.17) is 17.2 Å². The van der Waals surface area contributed by atoms with E-state index in [2.05, 4.69) is 35.6 Å². The van der Waals surface area contributed by atoms with E-state index in [0.717, 1.165) is 12.3 Å². The highest BCUT2D eigenvalue weighted by molar-refractivity contribution is 7.92. The third-order valence-corrected chi connectivity index (χ3v) is 6.30. The number of hydrogen-bond donors (Lipinski definition) is 6. The standard InChI is InChI=1S/C18H21N7O8S3.2C2H6.O3S/c1-34(26,27)25-15-8-3-2-7-14(15)21-18-23-16(19-9-10-35(28,29)30)22-17(24-18)20-12-5-4-6-13(11-12)36(31,32)33;2*1-2;1-4(2)3/h2-8,11,25H,9-10H2,1H3,(H,28,29,30)(H,31,32,33)(H3,19,20,21,22,23,24);2*1-2H3;. The molecule has 0 fully saturated rings. The lowest BCUT2D eigenvalue weighted by atomic mass is 10.3. The van der Waals surface area contributed by atoms with E-state index in [1.165, 1.54) is 24.3 Å². The third-order valence-electron chi connectivity index (χ3n) is 4.14. The van der Waals surface area contributed by atoms with Crippen molar-refractivity contribution >= 4 is 75.8 Å². The van der Waals surface area contributed by atoms with Crippen LogP contribution in [0.3, 0.4) is 0 Å². The van der Waals surface area contributed by atoms with Crippen molar-refractivity contribution in [2.75, 3.05) is 39.2 Å². The van der Waals surface area contributed by atoms with Crippen LogP contribution in [-0.4, -0.2) is 80.5 Å². The van der Waals surface area contributed by atoms with Gasteiger partial charge < -0.3 is 16.0 Å². The van der Waals surface area contributed by atoms with Crippen LogP contribution in [-0.2, 0) is 40.9 Å². The number of benzene rings is 2. The Kier molecular flexibility index (Phi) is 17.0. The van der Waals surface area contributed by atoms with Crippen LogP contribution in [0, 0.1) is 0 Å². The highest BCUT2D eigenvalue weighted by atomic mass is 32.2. The van der Waals surface area contributed by atoms with Crippen LogP contribution in [0.25, 0.3) is 0 Å². The summed E-state index contributed by atoms with van der Waals surface area (Å²) in [6, 6.07) is 11.4. The second kappa shape index (κ2) is 18.6. The van der Waals surface area contributed by atoms with Crippen LogP contribution >= 0.6 is 0 Å². The molecule has 0 bridgehead atoms. The molecule has 44 heavy (non-hydrogen) atoms. The van der Waals surface area contributed by atoms with Crippen molar-refractivity contribution in [2.45, 2.75) is 32.6 Å². The molecule has 18 nitrogen and oxygen atoms in total. The van der Waals surface area contributed by atoms with E-state index in [1.54, 1.807) is 18.2 Å². The maximum Gasteiger partial charge on any atom is 0.425 e. The highest BCUT2D eigenvalue weighted by Crippen LogP contribution is 2.26. The summed E-state index contributed by atoms with van der Waals surface area (Å²) in [4.78, 5) is 12.0. The zero-order chi connectivity index (χ0) is 34.1. The first-order chi connectivity index (χ1) is 20.4. The van der Waals surface area contributed by atoms with Crippen LogP contribution in [0.1, 0.15) is 27.7 Å². The monoisotopic (exact) mass is 699 g/mol. The molecule has 0 atom stereocenters. The fraction of sp³-hybridized carbons (Fsp3) is 0.318.